The van der Waals surface area contributed by atoms with Crippen LogP contribution in [0.15, 0.2) is 59.8 Å². The molecule has 18 heavy (non-hydrogen) atoms. The number of carboxylic acid groups (broad SMARTS) is 1. The Morgan fingerprint density at radius 2 is 1.50 bits per heavy atom. The Kier molecular flexibility index (Phi) is 3.38. The molecule has 0 saturated carbocycles. The second-order valence-electron chi connectivity index (χ2n) is 3.70. The van der Waals surface area contributed by atoms with E-state index in [0.717, 1.165) is 5.56 Å². The summed E-state index contributed by atoms with van der Waals surface area (Å²) in [4.78, 5) is 10.9. The van der Waals surface area contributed by atoms with Gasteiger partial charge in [-0.05, 0) is 12.1 Å². The van der Waals surface area contributed by atoms with Crippen molar-refractivity contribution in [1.82, 2.24) is 0 Å². The van der Waals surface area contributed by atoms with E-state index in [0.29, 0.717) is 11.3 Å². The summed E-state index contributed by atoms with van der Waals surface area (Å²) in [6.07, 6.45) is 0. The van der Waals surface area contributed by atoms with E-state index in [4.69, 9.17) is 10.3 Å². The molecule has 0 atom stereocenters. The minimum Gasteiger partial charge on any atom is -0.478 e. The van der Waals surface area contributed by atoms with E-state index in [2.05, 4.69) is 5.16 Å². The first kappa shape index (κ1) is 11.9. The van der Waals surface area contributed by atoms with Gasteiger partial charge in [0.1, 0.15) is 5.71 Å². The lowest BCUT2D eigenvalue weighted by atomic mass is 10.0. The molecule has 0 aromatic heterocycles. The van der Waals surface area contributed by atoms with Gasteiger partial charge in [-0.15, -0.1) is 0 Å². The second-order valence-corrected chi connectivity index (χ2v) is 3.70. The van der Waals surface area contributed by atoms with E-state index in [9.17, 15) is 4.79 Å². The number of nitrogens with zero attached hydrogens (tertiary/aromatic N) is 1. The third-order valence-electron chi connectivity index (χ3n) is 2.53. The Morgan fingerprint density at radius 1 is 0.889 bits per heavy atom. The first-order chi connectivity index (χ1) is 8.72. The molecule has 2 aromatic carbocycles. The van der Waals surface area contributed by atoms with Crippen molar-refractivity contribution >= 4 is 11.7 Å². The number of carboxylic acids is 1. The SMILES string of the molecule is O=C(O)c1cccc(/C(=N\O)c2ccccc2)c1. The van der Waals surface area contributed by atoms with Crippen LogP contribution in [0.5, 0.6) is 0 Å². The predicted octanol–water partition coefficient (Wildman–Crippen LogP) is 2.61. The molecule has 0 amide bonds. The largest absolute Gasteiger partial charge is 0.478 e. The molecule has 2 aromatic rings. The maximum atomic E-state index is 10.9. The molecule has 0 bridgehead atoms. The van der Waals surface area contributed by atoms with Crippen LogP contribution < -0.4 is 0 Å². The third kappa shape index (κ3) is 2.38. The van der Waals surface area contributed by atoms with Crippen molar-refractivity contribution in [3.63, 3.8) is 0 Å². The first-order valence-electron chi connectivity index (χ1n) is 5.33. The highest BCUT2D eigenvalue weighted by molar-refractivity contribution is 6.13. The number of carbonyl (C=O) groups is 1. The molecule has 0 aliphatic carbocycles. The Balaban J connectivity index is 2.47. The predicted molar refractivity (Wildman–Crippen MR) is 67.3 cm³/mol. The lowest BCUT2D eigenvalue weighted by Crippen LogP contribution is -2.05. The highest BCUT2D eigenvalue weighted by Gasteiger charge is 2.10. The molecular weight excluding hydrogens is 230 g/mol. The molecule has 0 saturated heterocycles. The quantitative estimate of drug-likeness (QED) is 0.493. The van der Waals surface area contributed by atoms with E-state index < -0.39 is 5.97 Å². The first-order valence-corrected chi connectivity index (χ1v) is 5.33. The van der Waals surface area contributed by atoms with Gasteiger partial charge in [0, 0.05) is 11.1 Å². The van der Waals surface area contributed by atoms with Crippen LogP contribution in [0.2, 0.25) is 0 Å². The van der Waals surface area contributed by atoms with Gasteiger partial charge in [-0.25, -0.2) is 4.79 Å². The van der Waals surface area contributed by atoms with Gasteiger partial charge in [0.2, 0.25) is 0 Å². The summed E-state index contributed by atoms with van der Waals surface area (Å²) in [6, 6.07) is 15.4. The molecule has 90 valence electrons. The van der Waals surface area contributed by atoms with Crippen LogP contribution in [-0.4, -0.2) is 22.0 Å². The van der Waals surface area contributed by atoms with Crippen LogP contribution in [0.25, 0.3) is 0 Å². The fraction of sp³-hybridized carbons (Fsp3) is 0. The van der Waals surface area contributed by atoms with E-state index in [-0.39, 0.29) is 5.56 Å². The average molecular weight is 241 g/mol. The van der Waals surface area contributed by atoms with Crippen molar-refractivity contribution in [3.05, 3.63) is 71.3 Å². The van der Waals surface area contributed by atoms with Crippen molar-refractivity contribution < 1.29 is 15.1 Å². The van der Waals surface area contributed by atoms with Gasteiger partial charge in [0.05, 0.1) is 5.56 Å². The smallest absolute Gasteiger partial charge is 0.335 e. The van der Waals surface area contributed by atoms with Gasteiger partial charge in [-0.2, -0.15) is 0 Å². The molecule has 4 heteroatoms. The summed E-state index contributed by atoms with van der Waals surface area (Å²) in [6.45, 7) is 0. The van der Waals surface area contributed by atoms with Crippen molar-refractivity contribution in [2.45, 2.75) is 0 Å². The maximum Gasteiger partial charge on any atom is 0.335 e. The monoisotopic (exact) mass is 241 g/mol. The number of aromatic carboxylic acids is 1. The third-order valence-corrected chi connectivity index (χ3v) is 2.53. The molecule has 0 fully saturated rings. The lowest BCUT2D eigenvalue weighted by Gasteiger charge is -2.05. The number of oxime groups is 1. The van der Waals surface area contributed by atoms with Crippen LogP contribution in [-0.2, 0) is 0 Å². The highest BCUT2D eigenvalue weighted by Crippen LogP contribution is 2.12. The topological polar surface area (TPSA) is 69.9 Å². The fourth-order valence-corrected chi connectivity index (χ4v) is 1.68. The Hall–Kier alpha value is -2.62. The summed E-state index contributed by atoms with van der Waals surface area (Å²) in [5.41, 5.74) is 1.79. The molecule has 0 radical (unpaired) electrons. The van der Waals surface area contributed by atoms with Gasteiger partial charge in [0.15, 0.2) is 0 Å². The maximum absolute atomic E-state index is 10.9. The van der Waals surface area contributed by atoms with E-state index in [1.165, 1.54) is 12.1 Å². The molecule has 2 N–H and O–H groups in total. The average Bonchev–Trinajstić information content (AvgIpc) is 2.41. The molecule has 0 unspecified atom stereocenters. The summed E-state index contributed by atoms with van der Waals surface area (Å²) in [5.74, 6) is -1.01. The van der Waals surface area contributed by atoms with Gasteiger partial charge in [0.25, 0.3) is 0 Å². The number of hydrogen-bond donors (Lipinski definition) is 2. The fourth-order valence-electron chi connectivity index (χ4n) is 1.68. The zero-order valence-corrected chi connectivity index (χ0v) is 9.45. The number of benzene rings is 2. The second kappa shape index (κ2) is 5.14. The number of rotatable bonds is 3. The zero-order valence-electron chi connectivity index (χ0n) is 9.45. The standard InChI is InChI=1S/C14H11NO3/c16-14(17)12-8-4-7-11(9-12)13(15-18)10-5-2-1-3-6-10/h1-9,18H,(H,16,17)/b15-13-. The molecule has 0 aliphatic heterocycles. The zero-order chi connectivity index (χ0) is 13.0. The van der Waals surface area contributed by atoms with Crippen LogP contribution in [0, 0.1) is 0 Å². The Bertz CT molecular complexity index is 591. The summed E-state index contributed by atoms with van der Waals surface area (Å²) >= 11 is 0. The van der Waals surface area contributed by atoms with Crippen LogP contribution in [0.1, 0.15) is 21.5 Å². The number of hydrogen-bond acceptors (Lipinski definition) is 3. The van der Waals surface area contributed by atoms with Gasteiger partial charge < -0.3 is 10.3 Å². The van der Waals surface area contributed by atoms with Crippen LogP contribution in [0.3, 0.4) is 0 Å². The van der Waals surface area contributed by atoms with Gasteiger partial charge in [-0.3, -0.25) is 0 Å². The Morgan fingerprint density at radius 3 is 2.11 bits per heavy atom. The lowest BCUT2D eigenvalue weighted by molar-refractivity contribution is 0.0697. The van der Waals surface area contributed by atoms with Crippen molar-refractivity contribution in [1.29, 1.82) is 0 Å². The van der Waals surface area contributed by atoms with E-state index >= 15 is 0 Å². The molecular formula is C14H11NO3. The van der Waals surface area contributed by atoms with E-state index in [1.807, 2.05) is 18.2 Å². The summed E-state index contributed by atoms with van der Waals surface area (Å²) in [5, 5.41) is 21.3. The van der Waals surface area contributed by atoms with E-state index in [1.54, 1.807) is 24.3 Å². The summed E-state index contributed by atoms with van der Waals surface area (Å²) in [7, 11) is 0. The normalized spacial score (nSPS) is 11.2. The van der Waals surface area contributed by atoms with Crippen LogP contribution in [0.4, 0.5) is 0 Å². The van der Waals surface area contributed by atoms with Crippen LogP contribution >= 0.6 is 0 Å². The van der Waals surface area contributed by atoms with Crippen molar-refractivity contribution in [3.8, 4) is 0 Å². The Labute approximate surface area is 104 Å². The summed E-state index contributed by atoms with van der Waals surface area (Å²) < 4.78 is 0. The molecule has 0 spiro atoms. The minimum absolute atomic E-state index is 0.157. The van der Waals surface area contributed by atoms with Crippen molar-refractivity contribution in [2.24, 2.45) is 5.16 Å². The molecule has 0 aliphatic rings. The highest BCUT2D eigenvalue weighted by atomic mass is 16.4. The molecule has 4 nitrogen and oxygen atoms in total. The molecule has 0 heterocycles. The molecule has 2 rings (SSSR count). The van der Waals surface area contributed by atoms with Gasteiger partial charge in [-0.1, -0.05) is 47.6 Å². The van der Waals surface area contributed by atoms with Crippen molar-refractivity contribution in [2.75, 3.05) is 0 Å². The van der Waals surface area contributed by atoms with Gasteiger partial charge >= 0.3 is 5.97 Å². The minimum atomic E-state index is -1.01.